The predicted molar refractivity (Wildman–Crippen MR) is 71.4 cm³/mol. The maximum atomic E-state index is 13.0. The lowest BCUT2D eigenvalue weighted by atomic mass is 10.2. The van der Waals surface area contributed by atoms with Crippen LogP contribution in [0.4, 0.5) is 15.9 Å². The molecule has 5 nitrogen and oxygen atoms in total. The van der Waals surface area contributed by atoms with Gasteiger partial charge >= 0.3 is 0 Å². The average Bonchev–Trinajstić information content (AvgIpc) is 2.80. The van der Waals surface area contributed by atoms with Crippen molar-refractivity contribution in [3.05, 3.63) is 41.8 Å². The van der Waals surface area contributed by atoms with Crippen LogP contribution in [0.1, 0.15) is 30.2 Å². The van der Waals surface area contributed by atoms with Gasteiger partial charge in [-0.15, -0.1) is 0 Å². The van der Waals surface area contributed by atoms with Crippen molar-refractivity contribution in [2.75, 3.05) is 11.1 Å². The first kappa shape index (κ1) is 13.1. The van der Waals surface area contributed by atoms with Gasteiger partial charge in [-0.25, -0.2) is 9.07 Å². The summed E-state index contributed by atoms with van der Waals surface area (Å²) >= 11 is 0. The molecule has 100 valence electrons. The van der Waals surface area contributed by atoms with Crippen LogP contribution in [0.2, 0.25) is 0 Å². The van der Waals surface area contributed by atoms with Crippen LogP contribution in [0, 0.1) is 5.82 Å². The Kier molecular flexibility index (Phi) is 3.50. The molecule has 0 aliphatic heterocycles. The van der Waals surface area contributed by atoms with Crippen molar-refractivity contribution in [3.63, 3.8) is 0 Å². The van der Waals surface area contributed by atoms with Crippen LogP contribution < -0.4 is 11.1 Å². The van der Waals surface area contributed by atoms with Gasteiger partial charge in [-0.05, 0) is 32.0 Å². The third-order valence-electron chi connectivity index (χ3n) is 2.66. The zero-order chi connectivity index (χ0) is 14.0. The zero-order valence-corrected chi connectivity index (χ0v) is 10.7. The highest BCUT2D eigenvalue weighted by atomic mass is 19.1. The molecule has 0 atom stereocenters. The van der Waals surface area contributed by atoms with E-state index in [9.17, 15) is 9.18 Å². The second kappa shape index (κ2) is 5.09. The summed E-state index contributed by atoms with van der Waals surface area (Å²) in [5.41, 5.74) is 5.69. The van der Waals surface area contributed by atoms with Gasteiger partial charge in [-0.1, -0.05) is 0 Å². The third kappa shape index (κ3) is 2.73. The number of nitrogens with two attached hydrogens (primary N) is 1. The molecule has 1 heterocycles. The molecule has 0 bridgehead atoms. The molecule has 0 saturated heterocycles. The summed E-state index contributed by atoms with van der Waals surface area (Å²) in [6.45, 7) is 3.91. The van der Waals surface area contributed by atoms with Crippen LogP contribution >= 0.6 is 0 Å². The fourth-order valence-electron chi connectivity index (χ4n) is 1.70. The van der Waals surface area contributed by atoms with Crippen molar-refractivity contribution in [3.8, 4) is 0 Å². The molecule has 1 aromatic heterocycles. The molecule has 0 fully saturated rings. The monoisotopic (exact) mass is 262 g/mol. The van der Waals surface area contributed by atoms with Crippen LogP contribution in [0.15, 0.2) is 30.5 Å². The Morgan fingerprint density at radius 1 is 1.42 bits per heavy atom. The lowest BCUT2D eigenvalue weighted by Crippen LogP contribution is -2.17. The summed E-state index contributed by atoms with van der Waals surface area (Å²) in [4.78, 5) is 12.0. The fraction of sp³-hybridized carbons (Fsp3) is 0.231. The molecular weight excluding hydrogens is 247 g/mol. The van der Waals surface area contributed by atoms with Crippen LogP contribution in [-0.2, 0) is 0 Å². The number of nitrogens with zero attached hydrogens (tertiary/aromatic N) is 2. The number of nitrogen functional groups attached to an aromatic ring is 1. The van der Waals surface area contributed by atoms with E-state index < -0.39 is 5.82 Å². The second-order valence-corrected chi connectivity index (χ2v) is 4.45. The van der Waals surface area contributed by atoms with Crippen molar-refractivity contribution in [2.24, 2.45) is 0 Å². The number of hydrogen-bond acceptors (Lipinski definition) is 3. The minimum Gasteiger partial charge on any atom is -0.396 e. The number of hydrogen-bond donors (Lipinski definition) is 2. The SMILES string of the molecule is CC(C)n1nccc1NC(=O)c1ccc(F)c(N)c1. The van der Waals surface area contributed by atoms with E-state index in [0.717, 1.165) is 0 Å². The number of carbonyl (C=O) groups is 1. The molecule has 2 aromatic rings. The molecule has 0 aliphatic rings. The number of amides is 1. The number of nitrogens with one attached hydrogen (secondary N) is 1. The van der Waals surface area contributed by atoms with E-state index in [-0.39, 0.29) is 17.6 Å². The highest BCUT2D eigenvalue weighted by molar-refractivity contribution is 6.04. The molecule has 0 spiro atoms. The van der Waals surface area contributed by atoms with Gasteiger partial charge in [0, 0.05) is 17.7 Å². The molecule has 1 amide bonds. The highest BCUT2D eigenvalue weighted by Crippen LogP contribution is 2.16. The zero-order valence-electron chi connectivity index (χ0n) is 10.7. The summed E-state index contributed by atoms with van der Waals surface area (Å²) in [6, 6.07) is 5.69. The number of halogens is 1. The van der Waals surface area contributed by atoms with E-state index in [0.29, 0.717) is 11.4 Å². The summed E-state index contributed by atoms with van der Waals surface area (Å²) in [7, 11) is 0. The van der Waals surface area contributed by atoms with E-state index in [4.69, 9.17) is 5.73 Å². The molecule has 3 N–H and O–H groups in total. The minimum absolute atomic E-state index is 0.0509. The van der Waals surface area contributed by atoms with Gasteiger partial charge < -0.3 is 11.1 Å². The van der Waals surface area contributed by atoms with E-state index in [1.165, 1.54) is 18.2 Å². The summed E-state index contributed by atoms with van der Waals surface area (Å²) in [5, 5.41) is 6.83. The van der Waals surface area contributed by atoms with E-state index in [2.05, 4.69) is 10.4 Å². The van der Waals surface area contributed by atoms with Crippen molar-refractivity contribution in [1.82, 2.24) is 9.78 Å². The van der Waals surface area contributed by atoms with Gasteiger partial charge in [0.1, 0.15) is 11.6 Å². The average molecular weight is 262 g/mol. The summed E-state index contributed by atoms with van der Waals surface area (Å²) in [5.74, 6) is -0.305. The largest absolute Gasteiger partial charge is 0.396 e. The quantitative estimate of drug-likeness (QED) is 0.834. The standard InChI is InChI=1S/C13H15FN4O/c1-8(2)18-12(5-6-16-18)17-13(19)9-3-4-10(14)11(15)7-9/h3-8H,15H2,1-2H3,(H,17,19). The van der Waals surface area contributed by atoms with Crippen LogP contribution in [0.3, 0.4) is 0 Å². The van der Waals surface area contributed by atoms with Crippen molar-refractivity contribution in [1.29, 1.82) is 0 Å². The smallest absolute Gasteiger partial charge is 0.256 e. The molecule has 6 heteroatoms. The Bertz CT molecular complexity index is 606. The highest BCUT2D eigenvalue weighted by Gasteiger charge is 2.12. The molecule has 0 aliphatic carbocycles. The van der Waals surface area contributed by atoms with Gasteiger partial charge in [0.05, 0.1) is 11.9 Å². The lowest BCUT2D eigenvalue weighted by molar-refractivity contribution is 0.102. The van der Waals surface area contributed by atoms with E-state index >= 15 is 0 Å². The maximum absolute atomic E-state index is 13.0. The Labute approximate surface area is 110 Å². The Hall–Kier alpha value is -2.37. The Balaban J connectivity index is 2.21. The third-order valence-corrected chi connectivity index (χ3v) is 2.66. The first-order valence-corrected chi connectivity index (χ1v) is 5.89. The Morgan fingerprint density at radius 3 is 2.79 bits per heavy atom. The van der Waals surface area contributed by atoms with E-state index in [1.807, 2.05) is 13.8 Å². The lowest BCUT2D eigenvalue weighted by Gasteiger charge is -2.12. The van der Waals surface area contributed by atoms with Crippen LogP contribution in [0.25, 0.3) is 0 Å². The Morgan fingerprint density at radius 2 is 2.16 bits per heavy atom. The number of benzene rings is 1. The van der Waals surface area contributed by atoms with E-state index in [1.54, 1.807) is 16.9 Å². The van der Waals surface area contributed by atoms with Crippen LogP contribution in [0.5, 0.6) is 0 Å². The summed E-state index contributed by atoms with van der Waals surface area (Å²) in [6.07, 6.45) is 1.61. The van der Waals surface area contributed by atoms with Gasteiger partial charge in [0.15, 0.2) is 0 Å². The molecule has 0 unspecified atom stereocenters. The normalized spacial score (nSPS) is 10.7. The first-order chi connectivity index (χ1) is 8.99. The second-order valence-electron chi connectivity index (χ2n) is 4.45. The number of anilines is 2. The molecule has 0 saturated carbocycles. The summed E-state index contributed by atoms with van der Waals surface area (Å²) < 4.78 is 14.7. The van der Waals surface area contributed by atoms with Gasteiger partial charge in [-0.3, -0.25) is 4.79 Å². The van der Waals surface area contributed by atoms with Crippen molar-refractivity contribution in [2.45, 2.75) is 19.9 Å². The van der Waals surface area contributed by atoms with Crippen molar-refractivity contribution < 1.29 is 9.18 Å². The first-order valence-electron chi connectivity index (χ1n) is 5.89. The van der Waals surface area contributed by atoms with Gasteiger partial charge in [0.2, 0.25) is 0 Å². The predicted octanol–water partition coefficient (Wildman–Crippen LogP) is 2.44. The van der Waals surface area contributed by atoms with Crippen molar-refractivity contribution >= 4 is 17.4 Å². The molecule has 2 rings (SSSR count). The minimum atomic E-state index is -0.538. The maximum Gasteiger partial charge on any atom is 0.256 e. The molecule has 0 radical (unpaired) electrons. The fourth-order valence-corrected chi connectivity index (χ4v) is 1.70. The van der Waals surface area contributed by atoms with Gasteiger partial charge in [-0.2, -0.15) is 5.10 Å². The number of aromatic nitrogens is 2. The topological polar surface area (TPSA) is 72.9 Å². The molecule has 19 heavy (non-hydrogen) atoms. The number of carbonyl (C=O) groups excluding carboxylic acids is 1. The number of rotatable bonds is 3. The van der Waals surface area contributed by atoms with Gasteiger partial charge in [0.25, 0.3) is 5.91 Å². The molecular formula is C13H15FN4O. The van der Waals surface area contributed by atoms with Crippen LogP contribution in [-0.4, -0.2) is 15.7 Å². The molecule has 1 aromatic carbocycles.